The number of carbonyl (C=O) groups is 1. The van der Waals surface area contributed by atoms with Gasteiger partial charge in [-0.1, -0.05) is 6.07 Å². The van der Waals surface area contributed by atoms with Crippen LogP contribution in [0.15, 0.2) is 22.5 Å². The molecule has 2 rings (SSSR count). The monoisotopic (exact) mass is 521 g/mol. The molecule has 6 nitrogen and oxygen atoms in total. The maximum atomic E-state index is 12.2. The molecule has 2 heterocycles. The van der Waals surface area contributed by atoms with E-state index in [0.29, 0.717) is 19.0 Å². The number of rotatable bonds is 10. The number of guanidine groups is 1. The fourth-order valence-corrected chi connectivity index (χ4v) is 4.31. The van der Waals surface area contributed by atoms with Gasteiger partial charge in [0.15, 0.2) is 5.96 Å². The third-order valence-electron chi connectivity index (χ3n) is 4.97. The van der Waals surface area contributed by atoms with Gasteiger partial charge in [0.2, 0.25) is 5.91 Å². The van der Waals surface area contributed by atoms with Crippen molar-refractivity contribution in [2.75, 3.05) is 45.8 Å². The van der Waals surface area contributed by atoms with Gasteiger partial charge in [-0.15, -0.1) is 35.3 Å². The fourth-order valence-electron chi connectivity index (χ4n) is 3.46. The molecule has 0 aliphatic carbocycles. The fraction of sp³-hybridized carbons (Fsp3) is 0.700. The second-order valence-corrected chi connectivity index (χ2v) is 7.72. The number of amides is 1. The highest BCUT2D eigenvalue weighted by molar-refractivity contribution is 14.0. The Kier molecular flexibility index (Phi) is 12.7. The minimum absolute atomic E-state index is 0. The van der Waals surface area contributed by atoms with Crippen LogP contribution < -0.4 is 10.6 Å². The van der Waals surface area contributed by atoms with E-state index in [4.69, 9.17) is 4.99 Å². The molecule has 0 aromatic carbocycles. The molecule has 1 unspecified atom stereocenters. The maximum absolute atomic E-state index is 12.2. The van der Waals surface area contributed by atoms with E-state index in [-0.39, 0.29) is 29.9 Å². The van der Waals surface area contributed by atoms with E-state index in [1.54, 1.807) is 0 Å². The normalized spacial score (nSPS) is 15.8. The maximum Gasteiger partial charge on any atom is 0.224 e. The van der Waals surface area contributed by atoms with Crippen molar-refractivity contribution in [1.82, 2.24) is 20.4 Å². The highest BCUT2D eigenvalue weighted by Crippen LogP contribution is 2.28. The van der Waals surface area contributed by atoms with Crippen molar-refractivity contribution >= 4 is 47.2 Å². The molecule has 0 bridgehead atoms. The Bertz CT molecular complexity index is 571. The van der Waals surface area contributed by atoms with E-state index in [1.807, 2.05) is 30.1 Å². The molecule has 1 aromatic heterocycles. The van der Waals surface area contributed by atoms with Crippen LogP contribution in [0.1, 0.15) is 51.0 Å². The van der Waals surface area contributed by atoms with Gasteiger partial charge in [-0.3, -0.25) is 14.7 Å². The first kappa shape index (κ1) is 25.2. The molecule has 1 atom stereocenters. The summed E-state index contributed by atoms with van der Waals surface area (Å²) in [6, 6.07) is 4.68. The lowest BCUT2D eigenvalue weighted by Crippen LogP contribution is -2.40. The Balaban J connectivity index is 0.00000392. The van der Waals surface area contributed by atoms with E-state index in [9.17, 15) is 4.79 Å². The van der Waals surface area contributed by atoms with E-state index in [0.717, 1.165) is 45.2 Å². The minimum Gasteiger partial charge on any atom is -0.357 e. The second-order valence-electron chi connectivity index (χ2n) is 6.74. The van der Waals surface area contributed by atoms with Crippen molar-refractivity contribution in [2.45, 2.75) is 46.1 Å². The van der Waals surface area contributed by atoms with Crippen molar-refractivity contribution in [3.8, 4) is 0 Å². The van der Waals surface area contributed by atoms with Crippen molar-refractivity contribution in [3.05, 3.63) is 22.4 Å². The molecular weight excluding hydrogens is 485 g/mol. The van der Waals surface area contributed by atoms with Gasteiger partial charge in [-0.25, -0.2) is 0 Å². The molecule has 2 N–H and O–H groups in total. The Morgan fingerprint density at radius 3 is 2.54 bits per heavy atom. The van der Waals surface area contributed by atoms with Crippen LogP contribution in [-0.4, -0.2) is 67.5 Å². The molecule has 160 valence electrons. The molecule has 0 radical (unpaired) electrons. The Labute approximate surface area is 191 Å². The van der Waals surface area contributed by atoms with Crippen LogP contribution in [0.5, 0.6) is 0 Å². The van der Waals surface area contributed by atoms with Gasteiger partial charge in [-0.2, -0.15) is 0 Å². The lowest BCUT2D eigenvalue weighted by Gasteiger charge is -2.25. The van der Waals surface area contributed by atoms with E-state index >= 15 is 0 Å². The lowest BCUT2D eigenvalue weighted by atomic mass is 10.2. The summed E-state index contributed by atoms with van der Waals surface area (Å²) in [4.78, 5) is 22.8. The highest BCUT2D eigenvalue weighted by atomic mass is 127. The molecule has 1 saturated heterocycles. The van der Waals surface area contributed by atoms with E-state index in [2.05, 4.69) is 40.0 Å². The highest BCUT2D eigenvalue weighted by Gasteiger charge is 2.24. The van der Waals surface area contributed by atoms with Crippen LogP contribution >= 0.6 is 35.3 Å². The molecule has 0 spiro atoms. The number of halogens is 1. The number of thiophene rings is 1. The molecule has 0 saturated carbocycles. The zero-order chi connectivity index (χ0) is 19.5. The third kappa shape index (κ3) is 7.87. The lowest BCUT2D eigenvalue weighted by molar-refractivity contribution is -0.130. The van der Waals surface area contributed by atoms with Crippen molar-refractivity contribution in [1.29, 1.82) is 0 Å². The first-order valence-electron chi connectivity index (χ1n) is 10.3. The van der Waals surface area contributed by atoms with Crippen LogP contribution in [0.2, 0.25) is 0 Å². The summed E-state index contributed by atoms with van der Waals surface area (Å²) in [5, 5.41) is 8.77. The largest absolute Gasteiger partial charge is 0.357 e. The zero-order valence-electron chi connectivity index (χ0n) is 17.4. The van der Waals surface area contributed by atoms with Crippen LogP contribution in [0.3, 0.4) is 0 Å². The molecule has 8 heteroatoms. The van der Waals surface area contributed by atoms with Crippen LogP contribution in [-0.2, 0) is 4.79 Å². The molecule has 1 aliphatic rings. The van der Waals surface area contributed by atoms with Crippen LogP contribution in [0, 0.1) is 0 Å². The molecule has 1 amide bonds. The predicted molar refractivity (Wildman–Crippen MR) is 130 cm³/mol. The number of hydrogen-bond donors (Lipinski definition) is 2. The van der Waals surface area contributed by atoms with Crippen molar-refractivity contribution in [3.63, 3.8) is 0 Å². The quantitative estimate of drug-likeness (QED) is 0.282. The Morgan fingerprint density at radius 1 is 1.25 bits per heavy atom. The first-order chi connectivity index (χ1) is 13.2. The SMILES string of the molecule is CCNC(=NCC(c1cccs1)N1CCCC1)NCCC(=O)N(CC)CC.I. The van der Waals surface area contributed by atoms with Gasteiger partial charge < -0.3 is 15.5 Å². The number of likely N-dealkylation sites (tertiary alicyclic amines) is 1. The topological polar surface area (TPSA) is 60.0 Å². The van der Waals surface area contributed by atoms with Gasteiger partial charge >= 0.3 is 0 Å². The van der Waals surface area contributed by atoms with Crippen LogP contribution in [0.25, 0.3) is 0 Å². The number of carbonyl (C=O) groups excluding carboxylic acids is 1. The van der Waals surface area contributed by atoms with E-state index < -0.39 is 0 Å². The van der Waals surface area contributed by atoms with Gasteiger partial charge in [0.1, 0.15) is 0 Å². The number of nitrogens with zero attached hydrogens (tertiary/aromatic N) is 3. The van der Waals surface area contributed by atoms with Gasteiger partial charge in [0, 0.05) is 37.5 Å². The summed E-state index contributed by atoms with van der Waals surface area (Å²) < 4.78 is 0. The summed E-state index contributed by atoms with van der Waals surface area (Å²) in [5.74, 6) is 0.988. The Hall–Kier alpha value is -0.870. The number of nitrogens with one attached hydrogen (secondary N) is 2. The van der Waals surface area contributed by atoms with Gasteiger partial charge in [0.05, 0.1) is 12.6 Å². The summed E-state index contributed by atoms with van der Waals surface area (Å²) >= 11 is 1.81. The summed E-state index contributed by atoms with van der Waals surface area (Å²) in [6.07, 6.45) is 3.04. The van der Waals surface area contributed by atoms with E-state index in [1.165, 1.54) is 17.7 Å². The average Bonchev–Trinajstić information content (AvgIpc) is 3.37. The Morgan fingerprint density at radius 2 is 1.96 bits per heavy atom. The zero-order valence-corrected chi connectivity index (χ0v) is 20.6. The van der Waals surface area contributed by atoms with Gasteiger partial charge in [0.25, 0.3) is 0 Å². The van der Waals surface area contributed by atoms with Crippen LogP contribution in [0.4, 0.5) is 0 Å². The molecule has 1 fully saturated rings. The molecule has 1 aliphatic heterocycles. The molecule has 28 heavy (non-hydrogen) atoms. The predicted octanol–water partition coefficient (Wildman–Crippen LogP) is 3.32. The molecular formula is C20H36IN5OS. The number of hydrogen-bond acceptors (Lipinski definition) is 4. The minimum atomic E-state index is 0. The smallest absolute Gasteiger partial charge is 0.224 e. The van der Waals surface area contributed by atoms with Crippen molar-refractivity contribution in [2.24, 2.45) is 4.99 Å². The summed E-state index contributed by atoms with van der Waals surface area (Å²) in [5.41, 5.74) is 0. The summed E-state index contributed by atoms with van der Waals surface area (Å²) in [6.45, 7) is 12.1. The third-order valence-corrected chi connectivity index (χ3v) is 5.94. The second kappa shape index (κ2) is 14.2. The average molecular weight is 522 g/mol. The van der Waals surface area contributed by atoms with Crippen molar-refractivity contribution < 1.29 is 4.79 Å². The number of aliphatic imine (C=N–C) groups is 1. The van der Waals surface area contributed by atoms with Gasteiger partial charge in [-0.05, 0) is 58.1 Å². The molecule has 1 aromatic rings. The summed E-state index contributed by atoms with van der Waals surface area (Å²) in [7, 11) is 0. The standard InChI is InChI=1S/C20H35N5OS.HI/c1-4-21-20(22-12-11-19(26)24(5-2)6-3)23-16-17(18-10-9-15-27-18)25-13-7-8-14-25;/h9-10,15,17H,4-8,11-14,16H2,1-3H3,(H2,21,22,23);1H. The first-order valence-corrected chi connectivity index (χ1v) is 11.1.